The number of nitrogens with zero attached hydrogens (tertiary/aromatic N) is 2. The van der Waals surface area contributed by atoms with Crippen LogP contribution in [0.3, 0.4) is 0 Å². The smallest absolute Gasteiger partial charge is 0.335 e. The fourth-order valence-electron chi connectivity index (χ4n) is 2.09. The predicted octanol–water partition coefficient (Wildman–Crippen LogP) is 1.68. The Hall–Kier alpha value is -1.88. The van der Waals surface area contributed by atoms with Gasteiger partial charge in [-0.05, 0) is 31.5 Å². The molecule has 2 rings (SSSR count). The van der Waals surface area contributed by atoms with Crippen LogP contribution >= 0.6 is 0 Å². The van der Waals surface area contributed by atoms with Gasteiger partial charge in [-0.2, -0.15) is 0 Å². The van der Waals surface area contributed by atoms with E-state index in [0.717, 1.165) is 17.9 Å². The van der Waals surface area contributed by atoms with Gasteiger partial charge in [-0.15, -0.1) is 0 Å². The van der Waals surface area contributed by atoms with Crippen LogP contribution in [0.25, 0.3) is 11.0 Å². The maximum absolute atomic E-state index is 10.9. The van der Waals surface area contributed by atoms with Crippen molar-refractivity contribution in [2.45, 2.75) is 26.3 Å². The highest BCUT2D eigenvalue weighted by molar-refractivity contribution is 5.92. The van der Waals surface area contributed by atoms with E-state index >= 15 is 0 Å². The van der Waals surface area contributed by atoms with E-state index in [1.807, 2.05) is 6.92 Å². The molecule has 0 fully saturated rings. The van der Waals surface area contributed by atoms with E-state index in [1.165, 1.54) is 0 Å². The second-order valence-corrected chi connectivity index (χ2v) is 4.11. The number of aryl methyl sites for hydroxylation is 2. The summed E-state index contributed by atoms with van der Waals surface area (Å²) in [6.07, 6.45) is 1.36. The van der Waals surface area contributed by atoms with Crippen LogP contribution in [-0.4, -0.2) is 32.3 Å². The van der Waals surface area contributed by atoms with Gasteiger partial charge in [-0.3, -0.25) is 0 Å². The summed E-state index contributed by atoms with van der Waals surface area (Å²) in [6.45, 7) is 2.94. The third-order valence-electron chi connectivity index (χ3n) is 2.95. The number of aromatic carboxylic acids is 1. The van der Waals surface area contributed by atoms with Crippen molar-refractivity contribution >= 4 is 17.0 Å². The van der Waals surface area contributed by atoms with E-state index in [4.69, 9.17) is 10.2 Å². The number of fused-ring (bicyclic) bond motifs is 1. The number of aliphatic hydroxyl groups is 1. The lowest BCUT2D eigenvalue weighted by Gasteiger charge is -2.04. The maximum Gasteiger partial charge on any atom is 0.335 e. The van der Waals surface area contributed by atoms with Crippen LogP contribution in [0.4, 0.5) is 0 Å². The van der Waals surface area contributed by atoms with Gasteiger partial charge in [-0.25, -0.2) is 9.78 Å². The minimum atomic E-state index is -0.945. The van der Waals surface area contributed by atoms with Crippen LogP contribution in [0.2, 0.25) is 0 Å². The Morgan fingerprint density at radius 1 is 1.44 bits per heavy atom. The molecular formula is C13H16N2O3. The number of carboxylic acids is 1. The summed E-state index contributed by atoms with van der Waals surface area (Å²) in [6, 6.07) is 4.97. The molecule has 1 aromatic carbocycles. The van der Waals surface area contributed by atoms with Crippen molar-refractivity contribution in [3.63, 3.8) is 0 Å². The summed E-state index contributed by atoms with van der Waals surface area (Å²) in [5.74, 6) is -0.0519. The minimum absolute atomic E-state index is 0.132. The van der Waals surface area contributed by atoms with Crippen LogP contribution in [0.1, 0.15) is 29.5 Å². The van der Waals surface area contributed by atoms with Gasteiger partial charge in [0.25, 0.3) is 0 Å². The first-order chi connectivity index (χ1) is 8.67. The summed E-state index contributed by atoms with van der Waals surface area (Å²) < 4.78 is 2.05. The monoisotopic (exact) mass is 248 g/mol. The van der Waals surface area contributed by atoms with Gasteiger partial charge in [0.15, 0.2) is 0 Å². The largest absolute Gasteiger partial charge is 0.478 e. The molecule has 0 spiro atoms. The average Bonchev–Trinajstić information content (AvgIpc) is 2.72. The number of hydrogen-bond acceptors (Lipinski definition) is 3. The molecule has 0 amide bonds. The summed E-state index contributed by atoms with van der Waals surface area (Å²) in [4.78, 5) is 15.4. The molecule has 5 nitrogen and oxygen atoms in total. The van der Waals surface area contributed by atoms with Crippen LogP contribution in [0.15, 0.2) is 18.2 Å². The lowest BCUT2D eigenvalue weighted by molar-refractivity contribution is 0.0697. The number of carbonyl (C=O) groups is 1. The van der Waals surface area contributed by atoms with E-state index in [9.17, 15) is 4.79 Å². The van der Waals surface area contributed by atoms with Crippen molar-refractivity contribution in [1.82, 2.24) is 9.55 Å². The summed E-state index contributed by atoms with van der Waals surface area (Å²) >= 11 is 0. The molecule has 2 aromatic rings. The van der Waals surface area contributed by atoms with Crippen molar-refractivity contribution in [3.05, 3.63) is 29.6 Å². The van der Waals surface area contributed by atoms with Gasteiger partial charge >= 0.3 is 5.97 Å². The zero-order valence-corrected chi connectivity index (χ0v) is 10.3. The molecular weight excluding hydrogens is 232 g/mol. The normalized spacial score (nSPS) is 11.0. The first-order valence-corrected chi connectivity index (χ1v) is 6.00. The van der Waals surface area contributed by atoms with Crippen LogP contribution < -0.4 is 0 Å². The van der Waals surface area contributed by atoms with Crippen molar-refractivity contribution in [2.75, 3.05) is 6.61 Å². The van der Waals surface area contributed by atoms with E-state index in [0.29, 0.717) is 18.4 Å². The molecule has 0 saturated carbocycles. The number of benzene rings is 1. The quantitative estimate of drug-likeness (QED) is 0.844. The fraction of sp³-hybridized carbons (Fsp3) is 0.385. The molecule has 0 aliphatic carbocycles. The highest BCUT2D eigenvalue weighted by Gasteiger charge is 2.11. The number of aliphatic hydroxyl groups excluding tert-OH is 1. The molecule has 2 N–H and O–H groups in total. The van der Waals surface area contributed by atoms with Crippen molar-refractivity contribution in [2.24, 2.45) is 0 Å². The SMILES string of the molecule is CCn1c(CCCO)nc2cc(C(=O)O)ccc21. The van der Waals surface area contributed by atoms with Gasteiger partial charge in [0.2, 0.25) is 0 Å². The molecule has 0 aliphatic heterocycles. The Morgan fingerprint density at radius 2 is 2.22 bits per heavy atom. The second-order valence-electron chi connectivity index (χ2n) is 4.11. The Labute approximate surface area is 105 Å². The lowest BCUT2D eigenvalue weighted by atomic mass is 10.2. The molecule has 0 saturated heterocycles. The molecule has 0 aliphatic rings. The molecule has 18 heavy (non-hydrogen) atoms. The Kier molecular flexibility index (Phi) is 3.62. The molecule has 1 heterocycles. The van der Waals surface area contributed by atoms with Gasteiger partial charge in [0, 0.05) is 19.6 Å². The molecule has 0 bridgehead atoms. The molecule has 0 atom stereocenters. The van der Waals surface area contributed by atoms with Crippen molar-refractivity contribution in [3.8, 4) is 0 Å². The third kappa shape index (κ3) is 2.22. The molecule has 5 heteroatoms. The molecule has 0 radical (unpaired) electrons. The van der Waals surface area contributed by atoms with Crippen LogP contribution in [0.5, 0.6) is 0 Å². The topological polar surface area (TPSA) is 75.3 Å². The van der Waals surface area contributed by atoms with Gasteiger partial charge < -0.3 is 14.8 Å². The maximum atomic E-state index is 10.9. The van der Waals surface area contributed by atoms with E-state index in [1.54, 1.807) is 18.2 Å². The Balaban J connectivity index is 2.49. The number of carboxylic acid groups (broad SMARTS) is 1. The first-order valence-electron chi connectivity index (χ1n) is 6.00. The fourth-order valence-corrected chi connectivity index (χ4v) is 2.09. The van der Waals surface area contributed by atoms with Gasteiger partial charge in [0.1, 0.15) is 5.82 Å². The van der Waals surface area contributed by atoms with Gasteiger partial charge in [0.05, 0.1) is 16.6 Å². The average molecular weight is 248 g/mol. The zero-order valence-electron chi connectivity index (χ0n) is 10.3. The van der Waals surface area contributed by atoms with Gasteiger partial charge in [-0.1, -0.05) is 0 Å². The first kappa shape index (κ1) is 12.6. The summed E-state index contributed by atoms with van der Waals surface area (Å²) in [5.41, 5.74) is 1.89. The number of rotatable bonds is 5. The van der Waals surface area contributed by atoms with Crippen molar-refractivity contribution in [1.29, 1.82) is 0 Å². The lowest BCUT2D eigenvalue weighted by Crippen LogP contribution is -2.02. The number of aromatic nitrogens is 2. The van der Waals surface area contributed by atoms with E-state index in [-0.39, 0.29) is 12.2 Å². The van der Waals surface area contributed by atoms with Crippen molar-refractivity contribution < 1.29 is 15.0 Å². The van der Waals surface area contributed by atoms with Crippen LogP contribution in [-0.2, 0) is 13.0 Å². The zero-order chi connectivity index (χ0) is 13.1. The highest BCUT2D eigenvalue weighted by atomic mass is 16.4. The predicted molar refractivity (Wildman–Crippen MR) is 67.8 cm³/mol. The number of imidazole rings is 1. The summed E-state index contributed by atoms with van der Waals surface area (Å²) in [5, 5.41) is 17.8. The summed E-state index contributed by atoms with van der Waals surface area (Å²) in [7, 11) is 0. The van der Waals surface area contributed by atoms with Crippen LogP contribution in [0, 0.1) is 0 Å². The minimum Gasteiger partial charge on any atom is -0.478 e. The standard InChI is InChI=1S/C13H16N2O3/c1-2-15-11-6-5-9(13(17)18)8-10(11)14-12(15)4-3-7-16/h5-6,8,16H,2-4,7H2,1H3,(H,17,18). The molecule has 1 aromatic heterocycles. The Bertz CT molecular complexity index is 575. The molecule has 0 unspecified atom stereocenters. The second kappa shape index (κ2) is 5.18. The Morgan fingerprint density at radius 3 is 2.83 bits per heavy atom. The third-order valence-corrected chi connectivity index (χ3v) is 2.95. The number of hydrogen-bond donors (Lipinski definition) is 2. The van der Waals surface area contributed by atoms with E-state index < -0.39 is 5.97 Å². The molecule has 96 valence electrons. The van der Waals surface area contributed by atoms with E-state index in [2.05, 4.69) is 9.55 Å². The highest BCUT2D eigenvalue weighted by Crippen LogP contribution is 2.19.